The number of piperidine rings is 1. The van der Waals surface area contributed by atoms with E-state index in [1.807, 2.05) is 18.4 Å². The predicted molar refractivity (Wildman–Crippen MR) is 136 cm³/mol. The molecule has 1 amide bonds. The summed E-state index contributed by atoms with van der Waals surface area (Å²) in [6.45, 7) is 3.89. The van der Waals surface area contributed by atoms with E-state index in [9.17, 15) is 4.79 Å². The Hall–Kier alpha value is -3.64. The quantitative estimate of drug-likeness (QED) is 0.376. The maximum atomic E-state index is 15.2. The molecule has 3 aliphatic rings. The number of carbonyl (C=O) groups excluding carboxylic acids is 1. The van der Waals surface area contributed by atoms with Crippen molar-refractivity contribution in [1.29, 1.82) is 0 Å². The van der Waals surface area contributed by atoms with Crippen molar-refractivity contribution in [3.63, 3.8) is 0 Å². The van der Waals surface area contributed by atoms with Crippen LogP contribution < -0.4 is 4.74 Å². The first-order chi connectivity index (χ1) is 18.5. The van der Waals surface area contributed by atoms with Gasteiger partial charge in [0.25, 0.3) is 0 Å². The molecule has 2 saturated heterocycles. The predicted octanol–water partition coefficient (Wildman–Crippen LogP) is 4.09. The number of ether oxygens (including phenoxy) is 3. The van der Waals surface area contributed by atoms with Gasteiger partial charge in [0.1, 0.15) is 34.9 Å². The summed E-state index contributed by atoms with van der Waals surface area (Å²) in [4.78, 5) is 27.5. The van der Waals surface area contributed by atoms with Gasteiger partial charge in [0.2, 0.25) is 5.88 Å². The first-order valence-corrected chi connectivity index (χ1v) is 13.5. The van der Waals surface area contributed by atoms with E-state index in [0.29, 0.717) is 48.8 Å². The van der Waals surface area contributed by atoms with Crippen molar-refractivity contribution in [2.75, 3.05) is 26.3 Å². The fourth-order valence-electron chi connectivity index (χ4n) is 5.21. The van der Waals surface area contributed by atoms with Gasteiger partial charge in [0.15, 0.2) is 5.65 Å². The molecule has 5 heterocycles. The molecular formula is C26H25FN6O4S. The van der Waals surface area contributed by atoms with Gasteiger partial charge in [-0.25, -0.2) is 28.8 Å². The van der Waals surface area contributed by atoms with Gasteiger partial charge in [0.05, 0.1) is 30.6 Å². The van der Waals surface area contributed by atoms with Crippen molar-refractivity contribution in [3.05, 3.63) is 47.4 Å². The number of fused-ring (bicyclic) bond motifs is 3. The Balaban J connectivity index is 1.13. The molecule has 2 bridgehead atoms. The number of aromatic nitrogens is 5. The van der Waals surface area contributed by atoms with Crippen molar-refractivity contribution in [1.82, 2.24) is 29.6 Å². The monoisotopic (exact) mass is 536 g/mol. The Morgan fingerprint density at radius 1 is 1.18 bits per heavy atom. The van der Waals surface area contributed by atoms with Gasteiger partial charge in [0, 0.05) is 35.9 Å². The Kier molecular flexibility index (Phi) is 5.55. The number of nitrogens with zero attached hydrogens (tertiary/aromatic N) is 6. The fraction of sp³-hybridized carbons (Fsp3) is 0.423. The van der Waals surface area contributed by atoms with E-state index >= 15 is 4.39 Å². The van der Waals surface area contributed by atoms with Crippen LogP contribution in [0.3, 0.4) is 0 Å². The molecule has 2 aliphatic heterocycles. The first kappa shape index (κ1) is 23.5. The number of thiazole rings is 1. The number of hydrogen-bond donors (Lipinski definition) is 0. The summed E-state index contributed by atoms with van der Waals surface area (Å²) >= 11 is 1.46. The number of likely N-dealkylation sites (tertiary alicyclic amines) is 1. The standard InChI is InChI=1S/C26H25FN6O4S/c1-26(4-5-26)37-25(34)32-8-16-10-35-11-17(9-32)22(16)36-24-18-7-31-33(23(18)28-13-29-24)21-3-2-15(6-19(21)27)20-12-38-14-30-20/h2-3,6-7,12-14,16-17,22H,4-5,8-11H2,1H3. The lowest BCUT2D eigenvalue weighted by molar-refractivity contribution is -0.111. The van der Waals surface area contributed by atoms with Crippen LogP contribution in [0.1, 0.15) is 19.8 Å². The van der Waals surface area contributed by atoms with Gasteiger partial charge < -0.3 is 19.1 Å². The molecule has 4 aromatic rings. The molecule has 0 N–H and O–H groups in total. The molecule has 7 rings (SSSR count). The molecule has 38 heavy (non-hydrogen) atoms. The smallest absolute Gasteiger partial charge is 0.410 e. The second-order valence-electron chi connectivity index (χ2n) is 10.4. The van der Waals surface area contributed by atoms with E-state index in [0.717, 1.165) is 18.5 Å². The molecule has 196 valence electrons. The number of rotatable bonds is 5. The normalized spacial score (nSPS) is 23.8. The van der Waals surface area contributed by atoms with Crippen LogP contribution in [0.4, 0.5) is 9.18 Å². The van der Waals surface area contributed by atoms with Gasteiger partial charge in [-0.2, -0.15) is 5.10 Å². The number of carbonyl (C=O) groups is 1. The molecule has 1 saturated carbocycles. The fourth-order valence-corrected chi connectivity index (χ4v) is 5.77. The minimum absolute atomic E-state index is 0.0298. The van der Waals surface area contributed by atoms with Gasteiger partial charge in [-0.3, -0.25) is 0 Å². The van der Waals surface area contributed by atoms with Crippen molar-refractivity contribution < 1.29 is 23.4 Å². The molecule has 3 fully saturated rings. The number of hydrogen-bond acceptors (Lipinski definition) is 9. The minimum Gasteiger partial charge on any atom is -0.473 e. The minimum atomic E-state index is -0.437. The van der Waals surface area contributed by atoms with Crippen LogP contribution in [-0.4, -0.2) is 73.7 Å². The van der Waals surface area contributed by atoms with Gasteiger partial charge in [-0.1, -0.05) is 6.07 Å². The van der Waals surface area contributed by atoms with Crippen LogP contribution in [0, 0.1) is 17.7 Å². The summed E-state index contributed by atoms with van der Waals surface area (Å²) in [6.07, 6.45) is 4.34. The lowest BCUT2D eigenvalue weighted by Crippen LogP contribution is -2.59. The second-order valence-corrected chi connectivity index (χ2v) is 11.1. The Labute approximate surface area is 221 Å². The molecule has 1 aliphatic carbocycles. The van der Waals surface area contributed by atoms with Crippen molar-refractivity contribution >= 4 is 28.5 Å². The van der Waals surface area contributed by atoms with Crippen molar-refractivity contribution in [3.8, 4) is 22.8 Å². The van der Waals surface area contributed by atoms with E-state index in [1.54, 1.807) is 22.7 Å². The third-order valence-corrected chi connectivity index (χ3v) is 8.12. The number of benzene rings is 1. The highest BCUT2D eigenvalue weighted by molar-refractivity contribution is 7.07. The largest absolute Gasteiger partial charge is 0.473 e. The van der Waals surface area contributed by atoms with Crippen LogP contribution in [-0.2, 0) is 9.47 Å². The highest BCUT2D eigenvalue weighted by Gasteiger charge is 2.47. The van der Waals surface area contributed by atoms with Crippen molar-refractivity contribution in [2.45, 2.75) is 31.5 Å². The van der Waals surface area contributed by atoms with E-state index in [1.165, 1.54) is 28.4 Å². The molecule has 3 aromatic heterocycles. The van der Waals surface area contributed by atoms with E-state index in [4.69, 9.17) is 14.2 Å². The average molecular weight is 537 g/mol. The summed E-state index contributed by atoms with van der Waals surface area (Å²) in [7, 11) is 0. The summed E-state index contributed by atoms with van der Waals surface area (Å²) in [5, 5.41) is 6.86. The highest BCUT2D eigenvalue weighted by atomic mass is 32.1. The Morgan fingerprint density at radius 3 is 2.71 bits per heavy atom. The highest BCUT2D eigenvalue weighted by Crippen LogP contribution is 2.40. The topological polar surface area (TPSA) is 104 Å². The lowest BCUT2D eigenvalue weighted by Gasteiger charge is -2.46. The van der Waals surface area contributed by atoms with Gasteiger partial charge in [-0.05, 0) is 31.9 Å². The number of amides is 1. The molecule has 2 unspecified atom stereocenters. The summed E-state index contributed by atoms with van der Waals surface area (Å²) in [5.41, 5.74) is 3.52. The third kappa shape index (κ3) is 4.17. The van der Waals surface area contributed by atoms with Crippen LogP contribution in [0.5, 0.6) is 5.88 Å². The molecule has 0 radical (unpaired) electrons. The van der Waals surface area contributed by atoms with E-state index in [2.05, 4.69) is 20.1 Å². The lowest BCUT2D eigenvalue weighted by atomic mass is 9.84. The zero-order chi connectivity index (χ0) is 25.9. The summed E-state index contributed by atoms with van der Waals surface area (Å²) in [6, 6.07) is 4.92. The maximum absolute atomic E-state index is 15.2. The third-order valence-electron chi connectivity index (χ3n) is 7.53. The SMILES string of the molecule is CC1(OC(=O)N2CC3COCC(C2)C3Oc2ncnc3c2cnn3-c2ccc(-c3cscn3)cc2F)CC1. The zero-order valence-corrected chi connectivity index (χ0v) is 21.4. The van der Waals surface area contributed by atoms with Crippen LogP contribution in [0.2, 0.25) is 0 Å². The Bertz CT molecular complexity index is 1490. The van der Waals surface area contributed by atoms with Crippen LogP contribution in [0.15, 0.2) is 41.6 Å². The first-order valence-electron chi connectivity index (χ1n) is 12.6. The molecule has 12 heteroatoms. The summed E-state index contributed by atoms with van der Waals surface area (Å²) < 4.78 is 34.5. The average Bonchev–Trinajstić information content (AvgIpc) is 3.27. The summed E-state index contributed by atoms with van der Waals surface area (Å²) in [5.74, 6) is -0.118. The number of halogens is 1. The Morgan fingerprint density at radius 2 is 2.00 bits per heavy atom. The van der Waals surface area contributed by atoms with Gasteiger partial charge in [-0.15, -0.1) is 11.3 Å². The second kappa shape index (κ2) is 8.98. The molecule has 1 aromatic carbocycles. The van der Waals surface area contributed by atoms with Crippen LogP contribution in [0.25, 0.3) is 28.0 Å². The molecule has 0 spiro atoms. The van der Waals surface area contributed by atoms with E-state index in [-0.39, 0.29) is 35.3 Å². The van der Waals surface area contributed by atoms with Crippen molar-refractivity contribution in [2.24, 2.45) is 11.8 Å². The van der Waals surface area contributed by atoms with Crippen LogP contribution >= 0.6 is 11.3 Å². The molecule has 2 atom stereocenters. The molecule has 10 nitrogen and oxygen atoms in total. The maximum Gasteiger partial charge on any atom is 0.410 e. The van der Waals surface area contributed by atoms with E-state index < -0.39 is 5.82 Å². The molecular weight excluding hydrogens is 511 g/mol. The van der Waals surface area contributed by atoms with Gasteiger partial charge >= 0.3 is 6.09 Å². The zero-order valence-electron chi connectivity index (χ0n) is 20.6.